The Labute approximate surface area is 118 Å². The molecule has 0 fully saturated rings. The fraction of sp³-hybridized carbons (Fsp3) is 0.250. The molecule has 21 heavy (non-hydrogen) atoms. The van der Waals surface area contributed by atoms with Crippen LogP contribution in [-0.2, 0) is 0 Å². The van der Waals surface area contributed by atoms with Crippen molar-refractivity contribution in [2.75, 3.05) is 18.5 Å². The molecule has 2 aromatic rings. The molecule has 9 heteroatoms. The summed E-state index contributed by atoms with van der Waals surface area (Å²) in [7, 11) is 0. The van der Waals surface area contributed by atoms with Crippen LogP contribution in [0.1, 0.15) is 6.42 Å². The van der Waals surface area contributed by atoms with Crippen molar-refractivity contribution in [3.8, 4) is 0 Å². The Hall–Kier alpha value is -2.81. The fourth-order valence-corrected chi connectivity index (χ4v) is 1.97. The zero-order valence-corrected chi connectivity index (χ0v) is 10.9. The number of aliphatic hydroxyl groups excluding tert-OH is 1. The molecule has 1 aromatic carbocycles. The first-order valence-electron chi connectivity index (χ1n) is 6.11. The molecular formula is C12H12N4O5. The van der Waals surface area contributed by atoms with Gasteiger partial charge < -0.3 is 10.4 Å². The van der Waals surface area contributed by atoms with Crippen molar-refractivity contribution in [3.05, 3.63) is 44.6 Å². The molecule has 0 spiro atoms. The van der Waals surface area contributed by atoms with Gasteiger partial charge in [-0.2, -0.15) is 0 Å². The number of nitro benzene ring substituents is 2. The molecule has 0 saturated carbocycles. The number of hydrogen-bond donors (Lipinski definition) is 2. The highest BCUT2D eigenvalue weighted by molar-refractivity contribution is 6.01. The molecule has 0 unspecified atom stereocenters. The number of non-ortho nitro benzene ring substituents is 1. The standard InChI is InChI=1S/C12H12N4O5/c17-6-2-5-14-12-10(16(20)21)7-9(15(18)19)8-3-1-4-13-11(8)12/h1,3-4,7,14,17H,2,5-6H2. The van der Waals surface area contributed by atoms with E-state index in [0.717, 1.165) is 6.07 Å². The van der Waals surface area contributed by atoms with Gasteiger partial charge in [0.15, 0.2) is 0 Å². The summed E-state index contributed by atoms with van der Waals surface area (Å²) in [5, 5.41) is 34.0. The summed E-state index contributed by atoms with van der Waals surface area (Å²) in [6, 6.07) is 3.94. The Balaban J connectivity index is 2.68. The first-order valence-corrected chi connectivity index (χ1v) is 6.11. The van der Waals surface area contributed by atoms with E-state index in [-0.39, 0.29) is 28.9 Å². The van der Waals surface area contributed by atoms with Gasteiger partial charge in [0.25, 0.3) is 5.69 Å². The predicted octanol–water partition coefficient (Wildman–Crippen LogP) is 1.85. The molecule has 2 N–H and O–H groups in total. The van der Waals surface area contributed by atoms with Gasteiger partial charge in [-0.25, -0.2) is 0 Å². The van der Waals surface area contributed by atoms with Crippen LogP contribution in [0.25, 0.3) is 10.9 Å². The van der Waals surface area contributed by atoms with E-state index in [0.29, 0.717) is 13.0 Å². The average Bonchev–Trinajstić information content (AvgIpc) is 2.46. The first kappa shape index (κ1) is 14.6. The highest BCUT2D eigenvalue weighted by atomic mass is 16.6. The third-order valence-corrected chi connectivity index (χ3v) is 2.88. The topological polar surface area (TPSA) is 131 Å². The SMILES string of the molecule is O=[N+]([O-])c1cc([N+](=O)[O-])c2cccnc2c1NCCCO. The Kier molecular flexibility index (Phi) is 4.24. The molecule has 0 amide bonds. The van der Waals surface area contributed by atoms with Crippen LogP contribution in [0, 0.1) is 20.2 Å². The molecule has 0 aliphatic rings. The van der Waals surface area contributed by atoms with E-state index in [9.17, 15) is 20.2 Å². The first-order chi connectivity index (χ1) is 10.1. The second-order valence-corrected chi connectivity index (χ2v) is 4.21. The van der Waals surface area contributed by atoms with Gasteiger partial charge in [-0.15, -0.1) is 0 Å². The fourth-order valence-electron chi connectivity index (χ4n) is 1.97. The van der Waals surface area contributed by atoms with Crippen LogP contribution in [0.4, 0.5) is 17.1 Å². The molecule has 9 nitrogen and oxygen atoms in total. The van der Waals surface area contributed by atoms with Crippen LogP contribution in [0.15, 0.2) is 24.4 Å². The number of hydrogen-bond acceptors (Lipinski definition) is 7. The summed E-state index contributed by atoms with van der Waals surface area (Å²) in [6.07, 6.45) is 1.80. The van der Waals surface area contributed by atoms with Crippen LogP contribution in [0.3, 0.4) is 0 Å². The molecule has 2 rings (SSSR count). The maximum atomic E-state index is 11.1. The van der Waals surface area contributed by atoms with Crippen LogP contribution in [0.2, 0.25) is 0 Å². The van der Waals surface area contributed by atoms with Gasteiger partial charge in [0, 0.05) is 19.3 Å². The van der Waals surface area contributed by atoms with Gasteiger partial charge in [0.05, 0.1) is 21.3 Å². The summed E-state index contributed by atoms with van der Waals surface area (Å²) < 4.78 is 0. The minimum absolute atomic E-state index is 0.0703. The lowest BCUT2D eigenvalue weighted by Crippen LogP contribution is -2.07. The highest BCUT2D eigenvalue weighted by Crippen LogP contribution is 2.37. The quantitative estimate of drug-likeness (QED) is 0.471. The molecule has 0 aliphatic heterocycles. The van der Waals surface area contributed by atoms with Gasteiger partial charge >= 0.3 is 5.69 Å². The summed E-state index contributed by atoms with van der Waals surface area (Å²) in [4.78, 5) is 24.8. The zero-order valence-electron chi connectivity index (χ0n) is 10.9. The Morgan fingerprint density at radius 2 is 1.95 bits per heavy atom. The maximum Gasteiger partial charge on any atom is 0.301 e. The smallest absolute Gasteiger partial charge is 0.301 e. The van der Waals surface area contributed by atoms with Gasteiger partial charge in [-0.1, -0.05) is 0 Å². The molecule has 0 atom stereocenters. The number of pyridine rings is 1. The Bertz CT molecular complexity index is 703. The molecule has 1 heterocycles. The Morgan fingerprint density at radius 3 is 2.57 bits per heavy atom. The number of aromatic nitrogens is 1. The summed E-state index contributed by atoms with van der Waals surface area (Å²) in [5.41, 5.74) is -0.491. The van der Waals surface area contributed by atoms with Crippen molar-refractivity contribution in [2.24, 2.45) is 0 Å². The minimum Gasteiger partial charge on any atom is -0.396 e. The molecule has 110 valence electrons. The van der Waals surface area contributed by atoms with Crippen molar-refractivity contribution in [1.82, 2.24) is 4.98 Å². The molecule has 0 bridgehead atoms. The van der Waals surface area contributed by atoms with Crippen molar-refractivity contribution in [3.63, 3.8) is 0 Å². The van der Waals surface area contributed by atoms with Crippen LogP contribution in [-0.4, -0.2) is 33.1 Å². The lowest BCUT2D eigenvalue weighted by atomic mass is 10.1. The number of nitrogens with zero attached hydrogens (tertiary/aromatic N) is 3. The average molecular weight is 292 g/mol. The largest absolute Gasteiger partial charge is 0.396 e. The monoisotopic (exact) mass is 292 g/mol. The maximum absolute atomic E-state index is 11.1. The van der Waals surface area contributed by atoms with Crippen LogP contribution in [0.5, 0.6) is 0 Å². The van der Waals surface area contributed by atoms with E-state index in [1.165, 1.54) is 18.3 Å². The minimum atomic E-state index is -0.692. The van der Waals surface area contributed by atoms with Crippen molar-refractivity contribution in [1.29, 1.82) is 0 Å². The lowest BCUT2D eigenvalue weighted by molar-refractivity contribution is -0.392. The number of benzene rings is 1. The lowest BCUT2D eigenvalue weighted by Gasteiger charge is -2.09. The molecule has 0 aliphatic carbocycles. The molecule has 1 aromatic heterocycles. The van der Waals surface area contributed by atoms with Gasteiger partial charge in [-0.3, -0.25) is 25.2 Å². The number of nitrogens with one attached hydrogen (secondary N) is 1. The second kappa shape index (κ2) is 6.09. The molecular weight excluding hydrogens is 280 g/mol. The van der Waals surface area contributed by atoms with E-state index < -0.39 is 15.5 Å². The molecule has 0 saturated heterocycles. The van der Waals surface area contributed by atoms with Gasteiger partial charge in [-0.05, 0) is 18.6 Å². The molecule has 0 radical (unpaired) electrons. The third-order valence-electron chi connectivity index (χ3n) is 2.88. The second-order valence-electron chi connectivity index (χ2n) is 4.21. The van der Waals surface area contributed by atoms with Crippen molar-refractivity contribution < 1.29 is 15.0 Å². The third kappa shape index (κ3) is 2.87. The number of aliphatic hydroxyl groups is 1. The van der Waals surface area contributed by atoms with Crippen molar-refractivity contribution in [2.45, 2.75) is 6.42 Å². The Morgan fingerprint density at radius 1 is 1.24 bits per heavy atom. The van der Waals surface area contributed by atoms with E-state index in [2.05, 4.69) is 10.3 Å². The number of anilines is 1. The highest BCUT2D eigenvalue weighted by Gasteiger charge is 2.25. The zero-order chi connectivity index (χ0) is 15.4. The van der Waals surface area contributed by atoms with Crippen LogP contribution < -0.4 is 5.32 Å². The van der Waals surface area contributed by atoms with Crippen molar-refractivity contribution >= 4 is 28.0 Å². The van der Waals surface area contributed by atoms with Gasteiger partial charge in [0.1, 0.15) is 11.2 Å². The van der Waals surface area contributed by atoms with E-state index in [1.54, 1.807) is 0 Å². The number of fused-ring (bicyclic) bond motifs is 1. The van der Waals surface area contributed by atoms with Gasteiger partial charge in [0.2, 0.25) is 0 Å². The summed E-state index contributed by atoms with van der Waals surface area (Å²) in [6.45, 7) is 0.222. The number of nitro groups is 2. The number of rotatable bonds is 6. The van der Waals surface area contributed by atoms with E-state index in [1.807, 2.05) is 0 Å². The summed E-state index contributed by atoms with van der Waals surface area (Å²) >= 11 is 0. The summed E-state index contributed by atoms with van der Waals surface area (Å²) in [5.74, 6) is 0. The van der Waals surface area contributed by atoms with E-state index >= 15 is 0 Å². The van der Waals surface area contributed by atoms with E-state index in [4.69, 9.17) is 5.11 Å². The van der Waals surface area contributed by atoms with Crippen LogP contribution >= 0.6 is 0 Å². The normalized spacial score (nSPS) is 10.5. The predicted molar refractivity (Wildman–Crippen MR) is 75.2 cm³/mol.